The minimum absolute atomic E-state index is 0.248. The number of hydrogen-bond acceptors (Lipinski definition) is 1. The molecule has 1 aromatic carbocycles. The molecule has 1 atom stereocenters. The van der Waals surface area contributed by atoms with Crippen LogP contribution in [0.15, 0.2) is 22.7 Å². The first kappa shape index (κ1) is 15.0. The van der Waals surface area contributed by atoms with Gasteiger partial charge in [-0.15, -0.1) is 0 Å². The summed E-state index contributed by atoms with van der Waals surface area (Å²) in [7, 11) is 0. The highest BCUT2D eigenvalue weighted by Gasteiger charge is 2.33. The van der Waals surface area contributed by atoms with Crippen LogP contribution in [-0.4, -0.2) is 10.7 Å². The molecular formula is C16H22BrFO. The molecule has 0 aromatic heterocycles. The first-order valence-corrected chi connectivity index (χ1v) is 7.75. The summed E-state index contributed by atoms with van der Waals surface area (Å²) in [6, 6.07) is 4.87. The molecule has 19 heavy (non-hydrogen) atoms. The molecule has 2 rings (SSSR count). The zero-order valence-electron chi connectivity index (χ0n) is 11.7. The fourth-order valence-electron chi connectivity index (χ4n) is 2.99. The molecule has 0 saturated heterocycles. The molecule has 1 unspecified atom stereocenters. The summed E-state index contributed by atoms with van der Waals surface area (Å²) < 4.78 is 14.1. The summed E-state index contributed by atoms with van der Waals surface area (Å²) >= 11 is 3.31. The average Bonchev–Trinajstić information content (AvgIpc) is 2.37. The van der Waals surface area contributed by atoms with Gasteiger partial charge in [0.2, 0.25) is 0 Å². The van der Waals surface area contributed by atoms with E-state index in [-0.39, 0.29) is 5.82 Å². The van der Waals surface area contributed by atoms with Crippen molar-refractivity contribution in [1.82, 2.24) is 0 Å². The van der Waals surface area contributed by atoms with Crippen LogP contribution in [0.25, 0.3) is 0 Å². The molecule has 1 aliphatic carbocycles. The second-order valence-corrected chi connectivity index (χ2v) is 7.61. The summed E-state index contributed by atoms with van der Waals surface area (Å²) in [5.41, 5.74) is 0.502. The van der Waals surface area contributed by atoms with E-state index >= 15 is 0 Å². The largest absolute Gasteiger partial charge is 0.390 e. The first-order valence-electron chi connectivity index (χ1n) is 6.95. The molecule has 1 N–H and O–H groups in total. The SMILES string of the molecule is CC1(C)CCCC(O)(Cc2cc(F)cc(Br)c2)CC1. The summed E-state index contributed by atoms with van der Waals surface area (Å²) in [6.07, 6.45) is 5.38. The monoisotopic (exact) mass is 328 g/mol. The van der Waals surface area contributed by atoms with Gasteiger partial charge in [0.1, 0.15) is 5.82 Å². The van der Waals surface area contributed by atoms with Crippen LogP contribution in [0, 0.1) is 11.2 Å². The zero-order chi connectivity index (χ0) is 14.1. The standard InChI is InChI=1S/C16H22BrFO/c1-15(2)4-3-5-16(19,7-6-15)11-12-8-13(17)10-14(18)9-12/h8-10,19H,3-7,11H2,1-2H3. The molecule has 0 bridgehead atoms. The molecular weight excluding hydrogens is 307 g/mol. The van der Waals surface area contributed by atoms with Crippen molar-refractivity contribution in [2.24, 2.45) is 5.41 Å². The van der Waals surface area contributed by atoms with Crippen LogP contribution in [-0.2, 0) is 6.42 Å². The van der Waals surface area contributed by atoms with Gasteiger partial charge in [-0.2, -0.15) is 0 Å². The second kappa shape index (κ2) is 5.53. The fraction of sp³-hybridized carbons (Fsp3) is 0.625. The van der Waals surface area contributed by atoms with Crippen LogP contribution in [0.3, 0.4) is 0 Å². The van der Waals surface area contributed by atoms with Crippen molar-refractivity contribution in [2.75, 3.05) is 0 Å². The van der Waals surface area contributed by atoms with Gasteiger partial charge in [0.25, 0.3) is 0 Å². The molecule has 1 aromatic rings. The van der Waals surface area contributed by atoms with E-state index in [1.165, 1.54) is 12.1 Å². The normalized spacial score (nSPS) is 27.0. The number of halogens is 2. The third kappa shape index (κ3) is 4.28. The number of hydrogen-bond donors (Lipinski definition) is 1. The van der Waals surface area contributed by atoms with Crippen molar-refractivity contribution in [1.29, 1.82) is 0 Å². The topological polar surface area (TPSA) is 20.2 Å². The van der Waals surface area contributed by atoms with Gasteiger partial charge in [-0.25, -0.2) is 4.39 Å². The van der Waals surface area contributed by atoms with E-state index in [2.05, 4.69) is 29.8 Å². The van der Waals surface area contributed by atoms with E-state index in [0.29, 0.717) is 11.8 Å². The van der Waals surface area contributed by atoms with Crippen LogP contribution in [0.5, 0.6) is 0 Å². The molecule has 3 heteroatoms. The Morgan fingerprint density at radius 1 is 1.16 bits per heavy atom. The molecule has 0 aliphatic heterocycles. The predicted molar refractivity (Wildman–Crippen MR) is 79.6 cm³/mol. The predicted octanol–water partition coefficient (Wildman–Crippen LogP) is 4.85. The Hall–Kier alpha value is -0.410. The van der Waals surface area contributed by atoms with Crippen molar-refractivity contribution in [3.05, 3.63) is 34.1 Å². The van der Waals surface area contributed by atoms with Gasteiger partial charge in [0.15, 0.2) is 0 Å². The maximum atomic E-state index is 13.4. The lowest BCUT2D eigenvalue weighted by Crippen LogP contribution is -2.31. The zero-order valence-corrected chi connectivity index (χ0v) is 13.3. The third-order valence-corrected chi connectivity index (χ3v) is 4.68. The van der Waals surface area contributed by atoms with Crippen molar-refractivity contribution < 1.29 is 9.50 Å². The Morgan fingerprint density at radius 3 is 2.58 bits per heavy atom. The lowest BCUT2D eigenvalue weighted by atomic mass is 9.83. The second-order valence-electron chi connectivity index (χ2n) is 6.70. The lowest BCUT2D eigenvalue weighted by Gasteiger charge is -2.28. The maximum absolute atomic E-state index is 13.4. The minimum atomic E-state index is -0.680. The van der Waals surface area contributed by atoms with E-state index in [4.69, 9.17) is 0 Å². The average molecular weight is 329 g/mol. The highest BCUT2D eigenvalue weighted by atomic mass is 79.9. The van der Waals surface area contributed by atoms with E-state index in [0.717, 1.165) is 42.1 Å². The molecule has 1 aliphatic rings. The van der Waals surface area contributed by atoms with Crippen LogP contribution < -0.4 is 0 Å². The number of rotatable bonds is 2. The highest BCUT2D eigenvalue weighted by Crippen LogP contribution is 2.39. The van der Waals surface area contributed by atoms with Crippen LogP contribution >= 0.6 is 15.9 Å². The van der Waals surface area contributed by atoms with Gasteiger partial charge in [-0.1, -0.05) is 36.2 Å². The van der Waals surface area contributed by atoms with Gasteiger partial charge < -0.3 is 5.11 Å². The third-order valence-electron chi connectivity index (χ3n) is 4.22. The Morgan fingerprint density at radius 2 is 1.89 bits per heavy atom. The van der Waals surface area contributed by atoms with Gasteiger partial charge in [0.05, 0.1) is 5.60 Å². The first-order chi connectivity index (χ1) is 8.78. The summed E-state index contributed by atoms with van der Waals surface area (Å²) in [6.45, 7) is 4.52. The molecule has 0 radical (unpaired) electrons. The van der Waals surface area contributed by atoms with Gasteiger partial charge in [-0.05, 0) is 54.9 Å². The van der Waals surface area contributed by atoms with Gasteiger partial charge in [-0.3, -0.25) is 0 Å². The van der Waals surface area contributed by atoms with E-state index in [9.17, 15) is 9.50 Å². The van der Waals surface area contributed by atoms with Crippen LogP contribution in [0.1, 0.15) is 51.5 Å². The molecule has 1 fully saturated rings. The smallest absolute Gasteiger partial charge is 0.124 e. The highest BCUT2D eigenvalue weighted by molar-refractivity contribution is 9.10. The van der Waals surface area contributed by atoms with Gasteiger partial charge in [0, 0.05) is 10.9 Å². The Kier molecular flexibility index (Phi) is 4.36. The van der Waals surface area contributed by atoms with E-state index < -0.39 is 5.60 Å². The van der Waals surface area contributed by atoms with E-state index in [1.807, 2.05) is 6.07 Å². The summed E-state index contributed by atoms with van der Waals surface area (Å²) in [5.74, 6) is -0.248. The summed E-state index contributed by atoms with van der Waals surface area (Å²) in [4.78, 5) is 0. The van der Waals surface area contributed by atoms with Crippen molar-refractivity contribution in [2.45, 2.75) is 58.0 Å². The molecule has 106 valence electrons. The molecule has 1 saturated carbocycles. The summed E-state index contributed by atoms with van der Waals surface area (Å²) in [5, 5.41) is 10.8. The van der Waals surface area contributed by atoms with Crippen molar-refractivity contribution in [3.63, 3.8) is 0 Å². The van der Waals surface area contributed by atoms with Gasteiger partial charge >= 0.3 is 0 Å². The fourth-order valence-corrected chi connectivity index (χ4v) is 3.50. The number of benzene rings is 1. The molecule has 1 nitrogen and oxygen atoms in total. The Balaban J connectivity index is 2.12. The minimum Gasteiger partial charge on any atom is -0.390 e. The lowest BCUT2D eigenvalue weighted by molar-refractivity contribution is 0.0225. The van der Waals surface area contributed by atoms with Crippen LogP contribution in [0.4, 0.5) is 4.39 Å². The maximum Gasteiger partial charge on any atom is 0.124 e. The molecule has 0 spiro atoms. The van der Waals surface area contributed by atoms with Crippen molar-refractivity contribution in [3.8, 4) is 0 Å². The Labute approximate surface area is 123 Å². The quantitative estimate of drug-likeness (QED) is 0.769. The Bertz CT molecular complexity index is 438. The van der Waals surface area contributed by atoms with Crippen molar-refractivity contribution >= 4 is 15.9 Å². The van der Waals surface area contributed by atoms with Crippen LogP contribution in [0.2, 0.25) is 0 Å². The molecule has 0 amide bonds. The molecule has 0 heterocycles. The number of aliphatic hydroxyl groups is 1. The van der Waals surface area contributed by atoms with E-state index in [1.54, 1.807) is 0 Å².